The van der Waals surface area contributed by atoms with Crippen molar-refractivity contribution in [1.29, 1.82) is 0 Å². The van der Waals surface area contributed by atoms with Crippen LogP contribution in [0.2, 0.25) is 0 Å². The highest BCUT2D eigenvalue weighted by atomic mass is 15.3. The lowest BCUT2D eigenvalue weighted by molar-refractivity contribution is 0.339. The smallest absolute Gasteiger partial charge is 0.0802 e. The van der Waals surface area contributed by atoms with Crippen molar-refractivity contribution in [2.24, 2.45) is 7.05 Å². The van der Waals surface area contributed by atoms with E-state index in [0.29, 0.717) is 0 Å². The summed E-state index contributed by atoms with van der Waals surface area (Å²) in [5.74, 6) is 0. The molecule has 1 heterocycles. The van der Waals surface area contributed by atoms with Gasteiger partial charge in [-0.25, -0.2) is 0 Å². The quantitative estimate of drug-likeness (QED) is 0.872. The van der Waals surface area contributed by atoms with Crippen LogP contribution in [0.1, 0.15) is 44.5 Å². The van der Waals surface area contributed by atoms with Gasteiger partial charge in [0.25, 0.3) is 0 Å². The molecule has 20 heavy (non-hydrogen) atoms. The van der Waals surface area contributed by atoms with Crippen LogP contribution in [-0.2, 0) is 12.5 Å². The summed E-state index contributed by atoms with van der Waals surface area (Å²) in [6.07, 6.45) is 3.13. The number of aryl methyl sites for hydroxylation is 1. The van der Waals surface area contributed by atoms with Gasteiger partial charge in [-0.15, -0.1) is 0 Å². The van der Waals surface area contributed by atoms with Crippen LogP contribution in [0.5, 0.6) is 0 Å². The van der Waals surface area contributed by atoms with E-state index in [4.69, 9.17) is 0 Å². The van der Waals surface area contributed by atoms with E-state index in [9.17, 15) is 0 Å². The normalized spacial score (nSPS) is 13.4. The molecule has 1 aromatic carbocycles. The fourth-order valence-electron chi connectivity index (χ4n) is 2.64. The Bertz CT molecular complexity index is 528. The SMILES string of the molecule is CCCNC(c1ccn(C)n1)C(C)(C)c1ccccc1. The first kappa shape index (κ1) is 14.8. The molecule has 0 fully saturated rings. The predicted molar refractivity (Wildman–Crippen MR) is 83.7 cm³/mol. The first-order valence-electron chi connectivity index (χ1n) is 7.34. The van der Waals surface area contributed by atoms with Gasteiger partial charge in [-0.1, -0.05) is 51.1 Å². The minimum atomic E-state index is -0.00914. The van der Waals surface area contributed by atoms with Crippen molar-refractivity contribution in [1.82, 2.24) is 15.1 Å². The standard InChI is InChI=1S/C17H25N3/c1-5-12-18-16(15-11-13-20(4)19-15)17(2,3)14-9-7-6-8-10-14/h6-11,13,16,18H,5,12H2,1-4H3. The average molecular weight is 271 g/mol. The van der Waals surface area contributed by atoms with Gasteiger partial charge < -0.3 is 5.32 Å². The van der Waals surface area contributed by atoms with Crippen LogP contribution in [0.3, 0.4) is 0 Å². The van der Waals surface area contributed by atoms with E-state index in [0.717, 1.165) is 18.7 Å². The highest BCUT2D eigenvalue weighted by Gasteiger charge is 2.33. The molecule has 2 rings (SSSR count). The van der Waals surface area contributed by atoms with E-state index in [2.05, 4.69) is 67.6 Å². The molecule has 1 unspecified atom stereocenters. The minimum absolute atomic E-state index is 0.00914. The topological polar surface area (TPSA) is 29.9 Å². The average Bonchev–Trinajstić information content (AvgIpc) is 2.86. The molecule has 0 bridgehead atoms. The van der Waals surface area contributed by atoms with Gasteiger partial charge in [-0.2, -0.15) is 5.10 Å². The highest BCUT2D eigenvalue weighted by Crippen LogP contribution is 2.36. The van der Waals surface area contributed by atoms with Gasteiger partial charge in [-0.3, -0.25) is 4.68 Å². The molecule has 0 radical (unpaired) electrons. The molecule has 3 heteroatoms. The Morgan fingerprint density at radius 1 is 1.20 bits per heavy atom. The number of rotatable bonds is 6. The fraction of sp³-hybridized carbons (Fsp3) is 0.471. The lowest BCUT2D eigenvalue weighted by Crippen LogP contribution is -2.38. The van der Waals surface area contributed by atoms with E-state index < -0.39 is 0 Å². The van der Waals surface area contributed by atoms with Crippen LogP contribution < -0.4 is 5.32 Å². The van der Waals surface area contributed by atoms with Gasteiger partial charge in [0.1, 0.15) is 0 Å². The maximum atomic E-state index is 4.61. The van der Waals surface area contributed by atoms with Crippen LogP contribution in [-0.4, -0.2) is 16.3 Å². The Morgan fingerprint density at radius 3 is 2.45 bits per heavy atom. The Labute approximate surface area is 122 Å². The second-order valence-electron chi connectivity index (χ2n) is 5.89. The van der Waals surface area contributed by atoms with Crippen LogP contribution in [0.15, 0.2) is 42.6 Å². The second kappa shape index (κ2) is 6.23. The Morgan fingerprint density at radius 2 is 1.90 bits per heavy atom. The summed E-state index contributed by atoms with van der Waals surface area (Å²) in [6, 6.07) is 13.0. The van der Waals surface area contributed by atoms with Crippen molar-refractivity contribution < 1.29 is 0 Å². The lowest BCUT2D eigenvalue weighted by atomic mass is 9.76. The zero-order valence-electron chi connectivity index (χ0n) is 12.9. The van der Waals surface area contributed by atoms with Crippen LogP contribution in [0, 0.1) is 0 Å². The van der Waals surface area contributed by atoms with E-state index in [1.54, 1.807) is 0 Å². The molecule has 1 N–H and O–H groups in total. The van der Waals surface area contributed by atoms with Crippen LogP contribution in [0.25, 0.3) is 0 Å². The molecule has 0 saturated carbocycles. The van der Waals surface area contributed by atoms with E-state index in [1.807, 2.05) is 17.9 Å². The van der Waals surface area contributed by atoms with Crippen molar-refractivity contribution in [3.8, 4) is 0 Å². The number of benzene rings is 1. The van der Waals surface area contributed by atoms with Crippen LogP contribution >= 0.6 is 0 Å². The molecular weight excluding hydrogens is 246 g/mol. The monoisotopic (exact) mass is 271 g/mol. The maximum absolute atomic E-state index is 4.61. The summed E-state index contributed by atoms with van der Waals surface area (Å²) in [5, 5.41) is 8.27. The van der Waals surface area contributed by atoms with Crippen molar-refractivity contribution in [2.75, 3.05) is 6.54 Å². The van der Waals surface area contributed by atoms with Crippen molar-refractivity contribution >= 4 is 0 Å². The van der Waals surface area contributed by atoms with Crippen molar-refractivity contribution in [3.63, 3.8) is 0 Å². The second-order valence-corrected chi connectivity index (χ2v) is 5.89. The summed E-state index contributed by atoms with van der Waals surface area (Å²) >= 11 is 0. The molecule has 3 nitrogen and oxygen atoms in total. The molecule has 2 aromatic rings. The van der Waals surface area contributed by atoms with Gasteiger partial charge in [0.2, 0.25) is 0 Å². The third kappa shape index (κ3) is 3.10. The number of nitrogens with zero attached hydrogens (tertiary/aromatic N) is 2. The van der Waals surface area contributed by atoms with Gasteiger partial charge >= 0.3 is 0 Å². The first-order valence-corrected chi connectivity index (χ1v) is 7.34. The number of nitrogens with one attached hydrogen (secondary N) is 1. The zero-order valence-corrected chi connectivity index (χ0v) is 12.9. The Kier molecular flexibility index (Phi) is 4.61. The zero-order chi connectivity index (χ0) is 14.6. The number of hydrogen-bond acceptors (Lipinski definition) is 2. The van der Waals surface area contributed by atoms with Crippen molar-refractivity contribution in [3.05, 3.63) is 53.9 Å². The molecule has 108 valence electrons. The molecule has 0 aliphatic carbocycles. The molecule has 0 saturated heterocycles. The highest BCUT2D eigenvalue weighted by molar-refractivity contribution is 5.29. The Hall–Kier alpha value is -1.61. The Balaban J connectivity index is 2.35. The largest absolute Gasteiger partial charge is 0.308 e. The van der Waals surface area contributed by atoms with Gasteiger partial charge in [0, 0.05) is 18.7 Å². The van der Waals surface area contributed by atoms with E-state index in [-0.39, 0.29) is 11.5 Å². The molecule has 0 spiro atoms. The fourth-order valence-corrected chi connectivity index (χ4v) is 2.64. The van der Waals surface area contributed by atoms with Crippen LogP contribution in [0.4, 0.5) is 0 Å². The molecule has 1 aromatic heterocycles. The molecule has 0 aliphatic rings. The van der Waals surface area contributed by atoms with Gasteiger partial charge in [-0.05, 0) is 24.6 Å². The predicted octanol–water partition coefficient (Wildman–Crippen LogP) is 3.44. The lowest BCUT2D eigenvalue weighted by Gasteiger charge is -2.34. The first-order chi connectivity index (χ1) is 9.55. The molecule has 1 atom stereocenters. The minimum Gasteiger partial charge on any atom is -0.308 e. The summed E-state index contributed by atoms with van der Waals surface area (Å²) in [4.78, 5) is 0. The van der Waals surface area contributed by atoms with Crippen molar-refractivity contribution in [2.45, 2.75) is 38.6 Å². The maximum Gasteiger partial charge on any atom is 0.0802 e. The van der Waals surface area contributed by atoms with E-state index in [1.165, 1.54) is 5.56 Å². The molecule has 0 aliphatic heterocycles. The van der Waals surface area contributed by atoms with Gasteiger partial charge in [0.15, 0.2) is 0 Å². The number of hydrogen-bond donors (Lipinski definition) is 1. The van der Waals surface area contributed by atoms with E-state index >= 15 is 0 Å². The van der Waals surface area contributed by atoms with Gasteiger partial charge in [0.05, 0.1) is 11.7 Å². The summed E-state index contributed by atoms with van der Waals surface area (Å²) < 4.78 is 1.87. The summed E-state index contributed by atoms with van der Waals surface area (Å²) in [5.41, 5.74) is 2.43. The number of aromatic nitrogens is 2. The molecule has 0 amide bonds. The third-order valence-corrected chi connectivity index (χ3v) is 3.87. The summed E-state index contributed by atoms with van der Waals surface area (Å²) in [7, 11) is 1.97. The third-order valence-electron chi connectivity index (χ3n) is 3.87. The molecular formula is C17H25N3. The summed E-state index contributed by atoms with van der Waals surface area (Å²) in [6.45, 7) is 7.75.